The van der Waals surface area contributed by atoms with Gasteiger partial charge in [-0.1, -0.05) is 18.0 Å². The van der Waals surface area contributed by atoms with Crippen molar-refractivity contribution in [3.05, 3.63) is 48.3 Å². The van der Waals surface area contributed by atoms with Crippen LogP contribution in [0.1, 0.15) is 47.9 Å². The van der Waals surface area contributed by atoms with E-state index < -0.39 is 0 Å². The fourth-order valence-corrected chi connectivity index (χ4v) is 3.30. The van der Waals surface area contributed by atoms with Crippen LogP contribution in [0.15, 0.2) is 41.4 Å². The molecule has 4 heterocycles. The largest absolute Gasteiger partial charge is 0.334 e. The van der Waals surface area contributed by atoms with Gasteiger partial charge >= 0.3 is 0 Å². The van der Waals surface area contributed by atoms with Crippen molar-refractivity contribution in [3.63, 3.8) is 0 Å². The Morgan fingerprint density at radius 2 is 2.08 bits per heavy atom. The molecule has 0 bridgehead atoms. The van der Waals surface area contributed by atoms with Gasteiger partial charge in [-0.05, 0) is 25.0 Å². The number of amides is 1. The molecule has 0 radical (unpaired) electrons. The first-order valence-corrected chi connectivity index (χ1v) is 8.76. The van der Waals surface area contributed by atoms with Gasteiger partial charge in [-0.2, -0.15) is 10.1 Å². The molecule has 8 heteroatoms. The minimum Gasteiger partial charge on any atom is -0.334 e. The highest BCUT2D eigenvalue weighted by Gasteiger charge is 2.31. The quantitative estimate of drug-likeness (QED) is 0.720. The van der Waals surface area contributed by atoms with Crippen molar-refractivity contribution >= 4 is 5.91 Å². The topological polar surface area (TPSA) is 89.9 Å². The molecule has 1 saturated heterocycles. The summed E-state index contributed by atoms with van der Waals surface area (Å²) in [4.78, 5) is 23.4. The first-order chi connectivity index (χ1) is 12.7. The van der Waals surface area contributed by atoms with Crippen LogP contribution in [-0.2, 0) is 7.05 Å². The van der Waals surface area contributed by atoms with Crippen molar-refractivity contribution in [1.82, 2.24) is 29.8 Å². The van der Waals surface area contributed by atoms with Crippen molar-refractivity contribution < 1.29 is 9.32 Å². The van der Waals surface area contributed by atoms with Crippen molar-refractivity contribution in [2.24, 2.45) is 7.05 Å². The van der Waals surface area contributed by atoms with Crippen LogP contribution in [0.25, 0.3) is 11.5 Å². The second-order valence-corrected chi connectivity index (χ2v) is 6.46. The molecule has 4 rings (SSSR count). The summed E-state index contributed by atoms with van der Waals surface area (Å²) in [5, 5.41) is 8.30. The van der Waals surface area contributed by atoms with Crippen LogP contribution in [-0.4, -0.2) is 42.3 Å². The maximum absolute atomic E-state index is 13.0. The molecule has 1 amide bonds. The molecule has 26 heavy (non-hydrogen) atoms. The lowest BCUT2D eigenvalue weighted by Crippen LogP contribution is -2.35. The Kier molecular flexibility index (Phi) is 4.47. The predicted molar refractivity (Wildman–Crippen MR) is 93.0 cm³/mol. The summed E-state index contributed by atoms with van der Waals surface area (Å²) < 4.78 is 7.11. The van der Waals surface area contributed by atoms with Crippen molar-refractivity contribution in [3.8, 4) is 11.5 Å². The molecule has 0 aromatic carbocycles. The van der Waals surface area contributed by atoms with E-state index in [1.165, 1.54) is 0 Å². The van der Waals surface area contributed by atoms with Crippen LogP contribution in [0.3, 0.4) is 0 Å². The number of aromatic nitrogens is 5. The number of carbonyl (C=O) groups excluding carboxylic acids is 1. The highest BCUT2D eigenvalue weighted by atomic mass is 16.5. The van der Waals surface area contributed by atoms with Crippen LogP contribution >= 0.6 is 0 Å². The Morgan fingerprint density at radius 3 is 2.85 bits per heavy atom. The first-order valence-electron chi connectivity index (χ1n) is 8.76. The van der Waals surface area contributed by atoms with Crippen LogP contribution in [0.2, 0.25) is 0 Å². The lowest BCUT2D eigenvalue weighted by molar-refractivity contribution is 0.0670. The third kappa shape index (κ3) is 3.22. The van der Waals surface area contributed by atoms with Gasteiger partial charge in [-0.15, -0.1) is 0 Å². The number of likely N-dealkylation sites (tertiary alicyclic amines) is 1. The lowest BCUT2D eigenvalue weighted by Gasteiger charge is -2.27. The van der Waals surface area contributed by atoms with Gasteiger partial charge in [0.25, 0.3) is 11.8 Å². The molecule has 0 N–H and O–H groups in total. The Morgan fingerprint density at radius 1 is 1.23 bits per heavy atom. The monoisotopic (exact) mass is 352 g/mol. The first kappa shape index (κ1) is 16.4. The summed E-state index contributed by atoms with van der Waals surface area (Å²) in [7, 11) is 1.83. The summed E-state index contributed by atoms with van der Waals surface area (Å²) in [5.41, 5.74) is 1.40. The third-order valence-electron chi connectivity index (χ3n) is 4.63. The van der Waals surface area contributed by atoms with E-state index in [1.54, 1.807) is 35.4 Å². The van der Waals surface area contributed by atoms with Gasteiger partial charge in [0.15, 0.2) is 5.82 Å². The van der Waals surface area contributed by atoms with Crippen LogP contribution < -0.4 is 0 Å². The zero-order chi connectivity index (χ0) is 17.9. The second-order valence-electron chi connectivity index (χ2n) is 6.46. The van der Waals surface area contributed by atoms with E-state index >= 15 is 0 Å². The molecule has 134 valence electrons. The Balaban J connectivity index is 1.64. The van der Waals surface area contributed by atoms with Gasteiger partial charge in [-0.25, -0.2) is 0 Å². The van der Waals surface area contributed by atoms with Gasteiger partial charge in [0.1, 0.15) is 0 Å². The molecular weight excluding hydrogens is 332 g/mol. The van der Waals surface area contributed by atoms with E-state index in [1.807, 2.05) is 18.1 Å². The van der Waals surface area contributed by atoms with Crippen LogP contribution in [0, 0.1) is 0 Å². The van der Waals surface area contributed by atoms with E-state index in [-0.39, 0.29) is 11.9 Å². The molecule has 3 aromatic rings. The predicted octanol–water partition coefficient (Wildman–Crippen LogP) is 2.62. The fraction of sp³-hybridized carbons (Fsp3) is 0.389. The zero-order valence-electron chi connectivity index (χ0n) is 14.6. The average Bonchev–Trinajstić information content (AvgIpc) is 3.25. The zero-order valence-corrected chi connectivity index (χ0v) is 14.6. The number of nitrogens with zero attached hydrogens (tertiary/aromatic N) is 6. The number of pyridine rings is 1. The van der Waals surface area contributed by atoms with Crippen molar-refractivity contribution in [2.75, 3.05) is 6.54 Å². The summed E-state index contributed by atoms with van der Waals surface area (Å²) in [6, 6.07) is 3.29. The lowest BCUT2D eigenvalue weighted by atomic mass is 10.1. The minimum atomic E-state index is -0.188. The second kappa shape index (κ2) is 7.07. The summed E-state index contributed by atoms with van der Waals surface area (Å²) in [5.74, 6) is 0.953. The number of rotatable bonds is 3. The minimum absolute atomic E-state index is 0.0213. The molecule has 0 spiro atoms. The molecule has 1 fully saturated rings. The van der Waals surface area contributed by atoms with Gasteiger partial charge in [0, 0.05) is 37.7 Å². The SMILES string of the molecule is Cn1cc(-c2nc(C3CCCCCN3C(=O)c3ccncc3)no2)cn1. The molecule has 3 aromatic heterocycles. The fourth-order valence-electron chi connectivity index (χ4n) is 3.30. The highest BCUT2D eigenvalue weighted by Crippen LogP contribution is 2.31. The third-order valence-corrected chi connectivity index (χ3v) is 4.63. The van der Waals surface area contributed by atoms with Gasteiger partial charge in [-0.3, -0.25) is 14.5 Å². The number of carbonyl (C=O) groups is 1. The number of hydrogen-bond donors (Lipinski definition) is 0. The van der Waals surface area contributed by atoms with Gasteiger partial charge in [0.2, 0.25) is 0 Å². The van der Waals surface area contributed by atoms with Gasteiger partial charge in [0.05, 0.1) is 17.8 Å². The van der Waals surface area contributed by atoms with E-state index in [2.05, 4.69) is 20.2 Å². The standard InChI is InChI=1S/C18H20N6O2/c1-23-12-14(11-20-23)17-21-16(22-26-17)15-5-3-2-4-10-24(15)18(25)13-6-8-19-9-7-13/h6-9,11-12,15H,2-5,10H2,1H3. The molecule has 0 saturated carbocycles. The maximum atomic E-state index is 13.0. The van der Waals surface area contributed by atoms with E-state index in [0.29, 0.717) is 23.8 Å². The van der Waals surface area contributed by atoms with Crippen molar-refractivity contribution in [1.29, 1.82) is 0 Å². The Hall–Kier alpha value is -3.03. The molecule has 1 unspecified atom stereocenters. The van der Waals surface area contributed by atoms with E-state index in [4.69, 9.17) is 4.52 Å². The molecule has 1 atom stereocenters. The molecule has 8 nitrogen and oxygen atoms in total. The van der Waals surface area contributed by atoms with Crippen molar-refractivity contribution in [2.45, 2.75) is 31.7 Å². The van der Waals surface area contributed by atoms with E-state index in [0.717, 1.165) is 31.2 Å². The number of aryl methyl sites for hydroxylation is 1. The molecule has 0 aliphatic carbocycles. The summed E-state index contributed by atoms with van der Waals surface area (Å²) in [6.07, 6.45) is 10.7. The Labute approximate surface area is 150 Å². The molecule has 1 aliphatic heterocycles. The number of hydrogen-bond acceptors (Lipinski definition) is 6. The van der Waals surface area contributed by atoms with E-state index in [9.17, 15) is 4.79 Å². The van der Waals surface area contributed by atoms with Crippen LogP contribution in [0.5, 0.6) is 0 Å². The highest BCUT2D eigenvalue weighted by molar-refractivity contribution is 5.94. The average molecular weight is 352 g/mol. The molecule has 1 aliphatic rings. The maximum Gasteiger partial charge on any atom is 0.261 e. The van der Waals surface area contributed by atoms with Crippen LogP contribution in [0.4, 0.5) is 0 Å². The molecular formula is C18H20N6O2. The Bertz CT molecular complexity index is 888. The van der Waals surface area contributed by atoms with Gasteiger partial charge < -0.3 is 9.42 Å². The summed E-state index contributed by atoms with van der Waals surface area (Å²) >= 11 is 0. The summed E-state index contributed by atoms with van der Waals surface area (Å²) in [6.45, 7) is 0.683. The smallest absolute Gasteiger partial charge is 0.261 e. The normalized spacial score (nSPS) is 17.9.